The Balaban J connectivity index is 0.00000264. The van der Waals surface area contributed by atoms with Crippen molar-refractivity contribution in [3.63, 3.8) is 0 Å². The lowest BCUT2D eigenvalue weighted by Crippen LogP contribution is -2.10. The van der Waals surface area contributed by atoms with E-state index in [0.717, 1.165) is 49.9 Å². The van der Waals surface area contributed by atoms with Gasteiger partial charge in [-0.05, 0) is 25.7 Å². The van der Waals surface area contributed by atoms with Crippen molar-refractivity contribution < 1.29 is 4.79 Å². The molecule has 0 unspecified atom stereocenters. The number of nitrogens with one attached hydrogen (secondary N) is 1. The fraction of sp³-hybridized carbons (Fsp3) is 0.600. The lowest BCUT2D eigenvalue weighted by molar-refractivity contribution is -0.119. The van der Waals surface area contributed by atoms with Gasteiger partial charge in [-0.25, -0.2) is 9.67 Å². The molecule has 0 atom stereocenters. The van der Waals surface area contributed by atoms with Crippen LogP contribution in [0.5, 0.6) is 0 Å². The van der Waals surface area contributed by atoms with Gasteiger partial charge < -0.3 is 10.7 Å². The summed E-state index contributed by atoms with van der Waals surface area (Å²) in [6.45, 7) is 2.46. The van der Waals surface area contributed by atoms with Gasteiger partial charge in [0.25, 0.3) is 0 Å². The van der Waals surface area contributed by atoms with E-state index in [2.05, 4.69) is 27.2 Å². The number of aromatic nitrogens is 5. The van der Waals surface area contributed by atoms with Crippen molar-refractivity contribution in [2.24, 2.45) is 0 Å². The zero-order valence-electron chi connectivity index (χ0n) is 13.5. The summed E-state index contributed by atoms with van der Waals surface area (Å²) in [6.07, 6.45) is 10.1. The molecule has 3 N–H and O–H groups in total. The van der Waals surface area contributed by atoms with Crippen molar-refractivity contribution in [2.45, 2.75) is 58.4 Å². The molecule has 0 aliphatic rings. The Morgan fingerprint density at radius 2 is 2.13 bits per heavy atom. The van der Waals surface area contributed by atoms with E-state index in [4.69, 9.17) is 5.73 Å². The zero-order valence-corrected chi connectivity index (χ0v) is 14.3. The zero-order chi connectivity index (χ0) is 15.8. The van der Waals surface area contributed by atoms with Gasteiger partial charge in [0.05, 0.1) is 11.9 Å². The third-order valence-corrected chi connectivity index (χ3v) is 3.51. The number of anilines is 1. The van der Waals surface area contributed by atoms with Crippen LogP contribution in [-0.4, -0.2) is 30.7 Å². The minimum absolute atomic E-state index is 0. The molecule has 2 rings (SSSR count). The summed E-state index contributed by atoms with van der Waals surface area (Å²) in [4.78, 5) is 18.7. The molecule has 23 heavy (non-hydrogen) atoms. The molecule has 0 amide bonds. The van der Waals surface area contributed by atoms with E-state index in [1.807, 2.05) is 6.20 Å². The number of nitrogens with zero attached hydrogens (tertiary/aromatic N) is 4. The van der Waals surface area contributed by atoms with E-state index in [1.165, 1.54) is 0 Å². The number of carbonyl (C=O) groups is 1. The van der Waals surface area contributed by atoms with E-state index in [-0.39, 0.29) is 18.2 Å². The first-order chi connectivity index (χ1) is 10.7. The average molecular weight is 341 g/mol. The summed E-state index contributed by atoms with van der Waals surface area (Å²) < 4.78 is 1.64. The van der Waals surface area contributed by atoms with Crippen LogP contribution in [0.2, 0.25) is 0 Å². The van der Waals surface area contributed by atoms with Gasteiger partial charge in [0, 0.05) is 18.3 Å². The minimum Gasteiger partial charge on any atom is -0.369 e. The summed E-state index contributed by atoms with van der Waals surface area (Å²) in [5, 5.41) is 8.13. The molecule has 0 fully saturated rings. The van der Waals surface area contributed by atoms with Crippen LogP contribution in [0.3, 0.4) is 0 Å². The minimum atomic E-state index is 0. The molecular weight excluding hydrogens is 316 g/mol. The number of hydrogen-bond donors (Lipinski definition) is 2. The standard InChI is InChI=1S/C15H24N6O.ClH/c1-2-3-4-8-14(22)11-21-10-13(19-20-21)7-5-6-12-9-17-15(16)18-12;/h9-10H,2-8,11H2,1H3,(H3,16,17,18);1H. The van der Waals surface area contributed by atoms with Gasteiger partial charge in [-0.2, -0.15) is 0 Å². The monoisotopic (exact) mass is 340 g/mol. The Hall–Kier alpha value is -1.89. The Morgan fingerprint density at radius 1 is 1.30 bits per heavy atom. The summed E-state index contributed by atoms with van der Waals surface area (Å²) in [7, 11) is 0. The molecule has 0 bridgehead atoms. The predicted molar refractivity (Wildman–Crippen MR) is 91.4 cm³/mol. The lowest BCUT2D eigenvalue weighted by atomic mass is 10.1. The Morgan fingerprint density at radius 3 is 2.83 bits per heavy atom. The van der Waals surface area contributed by atoms with Gasteiger partial charge in [0.15, 0.2) is 11.7 Å². The van der Waals surface area contributed by atoms with Gasteiger partial charge in [0.1, 0.15) is 6.54 Å². The number of ketones is 1. The number of rotatable bonds is 10. The molecule has 0 saturated carbocycles. The number of imidazole rings is 1. The molecule has 0 aromatic carbocycles. The van der Waals surface area contributed by atoms with Crippen molar-refractivity contribution in [1.82, 2.24) is 25.0 Å². The molecule has 2 heterocycles. The lowest BCUT2D eigenvalue weighted by Gasteiger charge is -1.99. The third-order valence-electron chi connectivity index (χ3n) is 3.51. The quantitative estimate of drug-likeness (QED) is 0.646. The van der Waals surface area contributed by atoms with E-state index in [9.17, 15) is 4.79 Å². The van der Waals surface area contributed by atoms with Gasteiger partial charge >= 0.3 is 0 Å². The molecular formula is C15H25ClN6O. The van der Waals surface area contributed by atoms with Crippen LogP contribution >= 0.6 is 12.4 Å². The number of Topliss-reactive ketones (excluding diaryl/α,β-unsaturated/α-hetero) is 1. The van der Waals surface area contributed by atoms with Crippen LogP contribution in [-0.2, 0) is 24.2 Å². The Kier molecular flexibility index (Phi) is 8.32. The fourth-order valence-corrected chi connectivity index (χ4v) is 2.33. The maximum Gasteiger partial charge on any atom is 0.197 e. The second kappa shape index (κ2) is 9.99. The van der Waals surface area contributed by atoms with Crippen molar-refractivity contribution in [1.29, 1.82) is 0 Å². The number of aryl methyl sites for hydroxylation is 2. The van der Waals surface area contributed by atoms with Gasteiger partial charge in [-0.15, -0.1) is 17.5 Å². The highest BCUT2D eigenvalue weighted by atomic mass is 35.5. The number of hydrogen-bond acceptors (Lipinski definition) is 5. The predicted octanol–water partition coefficient (Wildman–Crippen LogP) is 2.33. The average Bonchev–Trinajstić information content (AvgIpc) is 3.09. The van der Waals surface area contributed by atoms with Crippen molar-refractivity contribution >= 4 is 24.1 Å². The topological polar surface area (TPSA) is 102 Å². The number of H-pyrrole nitrogens is 1. The van der Waals surface area contributed by atoms with Crippen LogP contribution < -0.4 is 5.73 Å². The number of unbranched alkanes of at least 4 members (excludes halogenated alkanes) is 2. The first-order valence-electron chi connectivity index (χ1n) is 7.87. The second-order valence-corrected chi connectivity index (χ2v) is 5.55. The fourth-order valence-electron chi connectivity index (χ4n) is 2.33. The Labute approximate surface area is 142 Å². The van der Waals surface area contributed by atoms with Crippen LogP contribution in [0.25, 0.3) is 0 Å². The van der Waals surface area contributed by atoms with Crippen molar-refractivity contribution in [3.8, 4) is 0 Å². The highest BCUT2D eigenvalue weighted by Gasteiger charge is 2.06. The maximum absolute atomic E-state index is 11.8. The second-order valence-electron chi connectivity index (χ2n) is 5.55. The largest absolute Gasteiger partial charge is 0.369 e. The molecule has 2 aromatic rings. The highest BCUT2D eigenvalue weighted by molar-refractivity contribution is 5.85. The number of carbonyl (C=O) groups excluding carboxylic acids is 1. The van der Waals surface area contributed by atoms with Crippen LogP contribution in [0.15, 0.2) is 12.4 Å². The number of halogens is 1. The number of nitrogen functional groups attached to an aromatic ring is 1. The molecule has 128 valence electrons. The first-order valence-corrected chi connectivity index (χ1v) is 7.87. The smallest absolute Gasteiger partial charge is 0.197 e. The number of nitrogens with two attached hydrogens (primary N) is 1. The SMILES string of the molecule is CCCCCC(=O)Cn1cc(CCCc2cnc(N)[nH]2)nn1.Cl. The van der Waals surface area contributed by atoms with E-state index < -0.39 is 0 Å². The summed E-state index contributed by atoms with van der Waals surface area (Å²) >= 11 is 0. The molecule has 0 aliphatic heterocycles. The highest BCUT2D eigenvalue weighted by Crippen LogP contribution is 2.06. The molecule has 0 radical (unpaired) electrons. The first kappa shape index (κ1) is 19.2. The molecule has 0 aliphatic carbocycles. The van der Waals surface area contributed by atoms with E-state index >= 15 is 0 Å². The van der Waals surface area contributed by atoms with E-state index in [0.29, 0.717) is 18.9 Å². The van der Waals surface area contributed by atoms with Crippen LogP contribution in [0.1, 0.15) is 50.4 Å². The van der Waals surface area contributed by atoms with Gasteiger partial charge in [-0.1, -0.05) is 25.0 Å². The molecule has 0 saturated heterocycles. The Bertz CT molecular complexity index is 594. The maximum atomic E-state index is 11.8. The van der Waals surface area contributed by atoms with Gasteiger partial charge in [-0.3, -0.25) is 4.79 Å². The molecule has 2 aromatic heterocycles. The van der Waals surface area contributed by atoms with Crippen LogP contribution in [0, 0.1) is 0 Å². The van der Waals surface area contributed by atoms with Crippen molar-refractivity contribution in [3.05, 3.63) is 23.8 Å². The van der Waals surface area contributed by atoms with Crippen LogP contribution in [0.4, 0.5) is 5.95 Å². The normalized spacial score (nSPS) is 10.5. The molecule has 8 heteroatoms. The summed E-state index contributed by atoms with van der Waals surface area (Å²) in [6, 6.07) is 0. The van der Waals surface area contributed by atoms with Gasteiger partial charge in [0.2, 0.25) is 0 Å². The number of aromatic amines is 1. The molecule has 7 nitrogen and oxygen atoms in total. The summed E-state index contributed by atoms with van der Waals surface area (Å²) in [5.41, 5.74) is 7.47. The van der Waals surface area contributed by atoms with Crippen molar-refractivity contribution in [2.75, 3.05) is 5.73 Å². The van der Waals surface area contributed by atoms with E-state index in [1.54, 1.807) is 10.9 Å². The molecule has 0 spiro atoms. The summed E-state index contributed by atoms with van der Waals surface area (Å²) in [5.74, 6) is 0.667. The third kappa shape index (κ3) is 6.81.